The van der Waals surface area contributed by atoms with Crippen LogP contribution < -0.4 is 10.5 Å². The first-order chi connectivity index (χ1) is 7.65. The number of nitrogens with zero attached hydrogens (tertiary/aromatic N) is 1. The number of benzene rings is 1. The average molecular weight is 222 g/mol. The SMILES string of the molecule is CCOc1ccccc1C(N)CCN(C)C. The summed E-state index contributed by atoms with van der Waals surface area (Å²) in [6.45, 7) is 3.65. The van der Waals surface area contributed by atoms with Crippen molar-refractivity contribution >= 4 is 0 Å². The van der Waals surface area contributed by atoms with Crippen LogP contribution in [0.5, 0.6) is 5.75 Å². The highest BCUT2D eigenvalue weighted by Gasteiger charge is 2.11. The summed E-state index contributed by atoms with van der Waals surface area (Å²) in [5.41, 5.74) is 7.27. The van der Waals surface area contributed by atoms with E-state index < -0.39 is 0 Å². The molecule has 0 aliphatic carbocycles. The normalized spacial score (nSPS) is 12.8. The maximum Gasteiger partial charge on any atom is 0.124 e. The van der Waals surface area contributed by atoms with E-state index in [0.717, 1.165) is 24.3 Å². The van der Waals surface area contributed by atoms with Crippen molar-refractivity contribution in [3.63, 3.8) is 0 Å². The zero-order valence-corrected chi connectivity index (χ0v) is 10.4. The Morgan fingerprint density at radius 1 is 1.31 bits per heavy atom. The van der Waals surface area contributed by atoms with E-state index >= 15 is 0 Å². The highest BCUT2D eigenvalue weighted by atomic mass is 16.5. The fourth-order valence-electron chi connectivity index (χ4n) is 1.63. The molecule has 0 spiro atoms. The van der Waals surface area contributed by atoms with Gasteiger partial charge in [-0.25, -0.2) is 0 Å². The Kier molecular flexibility index (Phi) is 5.29. The van der Waals surface area contributed by atoms with E-state index in [9.17, 15) is 0 Å². The number of nitrogens with two attached hydrogens (primary N) is 1. The number of ether oxygens (including phenoxy) is 1. The number of para-hydroxylation sites is 1. The summed E-state index contributed by atoms with van der Waals surface area (Å²) in [5.74, 6) is 0.913. The molecule has 2 N–H and O–H groups in total. The Balaban J connectivity index is 2.69. The second-order valence-electron chi connectivity index (χ2n) is 4.17. The van der Waals surface area contributed by atoms with Gasteiger partial charge in [0.05, 0.1) is 6.61 Å². The fraction of sp³-hybridized carbons (Fsp3) is 0.538. The zero-order chi connectivity index (χ0) is 12.0. The summed E-state index contributed by atoms with van der Waals surface area (Å²) in [5, 5.41) is 0. The molecule has 1 aromatic carbocycles. The van der Waals surface area contributed by atoms with E-state index in [0.29, 0.717) is 6.61 Å². The van der Waals surface area contributed by atoms with Crippen molar-refractivity contribution in [1.29, 1.82) is 0 Å². The Bertz CT molecular complexity index is 313. The van der Waals surface area contributed by atoms with Crippen molar-refractivity contribution < 1.29 is 4.74 Å². The highest BCUT2D eigenvalue weighted by Crippen LogP contribution is 2.25. The molecule has 1 atom stereocenters. The third-order valence-corrected chi connectivity index (χ3v) is 2.51. The minimum atomic E-state index is 0.0464. The zero-order valence-electron chi connectivity index (χ0n) is 10.4. The van der Waals surface area contributed by atoms with E-state index in [-0.39, 0.29) is 6.04 Å². The van der Waals surface area contributed by atoms with Crippen LogP contribution in [-0.2, 0) is 0 Å². The minimum absolute atomic E-state index is 0.0464. The molecule has 0 aromatic heterocycles. The molecule has 0 saturated heterocycles. The Labute approximate surface area is 98.2 Å². The molecule has 16 heavy (non-hydrogen) atoms. The van der Waals surface area contributed by atoms with Gasteiger partial charge >= 0.3 is 0 Å². The number of rotatable bonds is 6. The van der Waals surface area contributed by atoms with Gasteiger partial charge in [-0.05, 0) is 40.1 Å². The fourth-order valence-corrected chi connectivity index (χ4v) is 1.63. The molecule has 0 fully saturated rings. The van der Waals surface area contributed by atoms with E-state index in [1.165, 1.54) is 0 Å². The van der Waals surface area contributed by atoms with Crippen LogP contribution in [0.15, 0.2) is 24.3 Å². The smallest absolute Gasteiger partial charge is 0.124 e. The van der Waals surface area contributed by atoms with Crippen molar-refractivity contribution in [2.45, 2.75) is 19.4 Å². The number of hydrogen-bond acceptors (Lipinski definition) is 3. The van der Waals surface area contributed by atoms with Gasteiger partial charge in [0, 0.05) is 11.6 Å². The lowest BCUT2D eigenvalue weighted by Crippen LogP contribution is -2.20. The molecule has 3 heteroatoms. The molecule has 0 amide bonds. The van der Waals surface area contributed by atoms with Crippen LogP contribution in [0.1, 0.15) is 24.9 Å². The van der Waals surface area contributed by atoms with Crippen molar-refractivity contribution in [2.75, 3.05) is 27.2 Å². The van der Waals surface area contributed by atoms with Crippen LogP contribution in [-0.4, -0.2) is 32.1 Å². The van der Waals surface area contributed by atoms with Crippen molar-refractivity contribution in [3.05, 3.63) is 29.8 Å². The first-order valence-electron chi connectivity index (χ1n) is 5.77. The average Bonchev–Trinajstić information content (AvgIpc) is 2.27. The molecule has 3 nitrogen and oxygen atoms in total. The van der Waals surface area contributed by atoms with E-state index in [4.69, 9.17) is 10.5 Å². The van der Waals surface area contributed by atoms with Gasteiger partial charge in [-0.3, -0.25) is 0 Å². The van der Waals surface area contributed by atoms with Gasteiger partial charge < -0.3 is 15.4 Å². The van der Waals surface area contributed by atoms with Gasteiger partial charge in [0.2, 0.25) is 0 Å². The third-order valence-electron chi connectivity index (χ3n) is 2.51. The number of hydrogen-bond donors (Lipinski definition) is 1. The van der Waals surface area contributed by atoms with Gasteiger partial charge in [0.25, 0.3) is 0 Å². The van der Waals surface area contributed by atoms with Crippen LogP contribution in [0.25, 0.3) is 0 Å². The first kappa shape index (κ1) is 13.0. The molecular formula is C13H22N2O. The summed E-state index contributed by atoms with van der Waals surface area (Å²) in [7, 11) is 4.11. The van der Waals surface area contributed by atoms with Gasteiger partial charge in [-0.1, -0.05) is 18.2 Å². The Hall–Kier alpha value is -1.06. The van der Waals surface area contributed by atoms with Crippen molar-refractivity contribution in [2.24, 2.45) is 5.73 Å². The molecule has 1 aromatic rings. The van der Waals surface area contributed by atoms with E-state index in [2.05, 4.69) is 19.0 Å². The second-order valence-corrected chi connectivity index (χ2v) is 4.17. The lowest BCUT2D eigenvalue weighted by Gasteiger charge is -2.18. The Morgan fingerprint density at radius 3 is 2.62 bits per heavy atom. The largest absolute Gasteiger partial charge is 0.494 e. The molecule has 0 saturated carbocycles. The summed E-state index contributed by atoms with van der Waals surface area (Å²) < 4.78 is 5.57. The van der Waals surface area contributed by atoms with Gasteiger partial charge in [0.15, 0.2) is 0 Å². The maximum absolute atomic E-state index is 6.17. The van der Waals surface area contributed by atoms with Gasteiger partial charge in [-0.15, -0.1) is 0 Å². The highest BCUT2D eigenvalue weighted by molar-refractivity contribution is 5.35. The van der Waals surface area contributed by atoms with E-state index in [1.54, 1.807) is 0 Å². The first-order valence-corrected chi connectivity index (χ1v) is 5.77. The summed E-state index contributed by atoms with van der Waals surface area (Å²) >= 11 is 0. The second kappa shape index (κ2) is 6.51. The van der Waals surface area contributed by atoms with Crippen LogP contribution in [0.2, 0.25) is 0 Å². The molecule has 0 heterocycles. The van der Waals surface area contributed by atoms with Crippen molar-refractivity contribution in [1.82, 2.24) is 4.90 Å². The van der Waals surface area contributed by atoms with Crippen LogP contribution in [0.4, 0.5) is 0 Å². The topological polar surface area (TPSA) is 38.5 Å². The van der Waals surface area contributed by atoms with Crippen molar-refractivity contribution in [3.8, 4) is 5.75 Å². The molecule has 0 radical (unpaired) electrons. The molecule has 90 valence electrons. The van der Waals surface area contributed by atoms with E-state index in [1.807, 2.05) is 31.2 Å². The van der Waals surface area contributed by atoms with Gasteiger partial charge in [0.1, 0.15) is 5.75 Å². The molecule has 1 rings (SSSR count). The lowest BCUT2D eigenvalue weighted by atomic mass is 10.0. The molecule has 1 unspecified atom stereocenters. The minimum Gasteiger partial charge on any atom is -0.494 e. The summed E-state index contributed by atoms with van der Waals surface area (Å²) in [6.07, 6.45) is 0.942. The summed E-state index contributed by atoms with van der Waals surface area (Å²) in [6, 6.07) is 8.06. The summed E-state index contributed by atoms with van der Waals surface area (Å²) in [4.78, 5) is 2.14. The predicted molar refractivity (Wildman–Crippen MR) is 67.7 cm³/mol. The van der Waals surface area contributed by atoms with Crippen LogP contribution in [0.3, 0.4) is 0 Å². The predicted octanol–water partition coefficient (Wildman–Crippen LogP) is 2.04. The lowest BCUT2D eigenvalue weighted by molar-refractivity contribution is 0.329. The molecular weight excluding hydrogens is 200 g/mol. The molecule has 0 bridgehead atoms. The maximum atomic E-state index is 6.17. The molecule has 0 aliphatic rings. The Morgan fingerprint density at radius 2 is 2.00 bits per heavy atom. The molecule has 0 aliphatic heterocycles. The third kappa shape index (κ3) is 3.83. The standard InChI is InChI=1S/C13H22N2O/c1-4-16-13-8-6-5-7-11(13)12(14)9-10-15(2)3/h5-8,12H,4,9-10,14H2,1-3H3. The van der Waals surface area contributed by atoms with Crippen LogP contribution >= 0.6 is 0 Å². The monoisotopic (exact) mass is 222 g/mol. The quantitative estimate of drug-likeness (QED) is 0.800. The van der Waals surface area contributed by atoms with Gasteiger partial charge in [-0.2, -0.15) is 0 Å². The van der Waals surface area contributed by atoms with Crippen LogP contribution in [0, 0.1) is 0 Å².